The molecule has 0 bridgehead atoms. The third kappa shape index (κ3) is 2.17. The number of hydrogen-bond donors (Lipinski definition) is 1. The Balaban J connectivity index is 2.27. The molecule has 6 heteroatoms. The van der Waals surface area contributed by atoms with E-state index in [1.165, 1.54) is 6.20 Å². The van der Waals surface area contributed by atoms with Crippen molar-refractivity contribution in [1.29, 1.82) is 0 Å². The van der Waals surface area contributed by atoms with Crippen molar-refractivity contribution in [2.45, 2.75) is 6.29 Å². The lowest BCUT2D eigenvalue weighted by Crippen LogP contribution is -2.17. The fourth-order valence-electron chi connectivity index (χ4n) is 1.27. The molecule has 0 fully saturated rings. The summed E-state index contributed by atoms with van der Waals surface area (Å²) in [6.07, 6.45) is 11.4. The van der Waals surface area contributed by atoms with E-state index >= 15 is 0 Å². The van der Waals surface area contributed by atoms with E-state index in [1.54, 1.807) is 34.0 Å². The lowest BCUT2D eigenvalue weighted by molar-refractivity contribution is 0.376. The van der Waals surface area contributed by atoms with E-state index in [-0.39, 0.29) is 6.29 Å². The SMILES string of the molecule is NC=CC=NC(n1cccn1)n1cccn1. The van der Waals surface area contributed by atoms with Crippen molar-refractivity contribution in [2.75, 3.05) is 0 Å². The molecule has 0 saturated carbocycles. The zero-order valence-electron chi connectivity index (χ0n) is 8.59. The summed E-state index contributed by atoms with van der Waals surface area (Å²) in [4.78, 5) is 4.31. The Labute approximate surface area is 92.7 Å². The average molecular weight is 216 g/mol. The van der Waals surface area contributed by atoms with Crippen LogP contribution >= 0.6 is 0 Å². The first kappa shape index (κ1) is 10.2. The van der Waals surface area contributed by atoms with Gasteiger partial charge in [-0.2, -0.15) is 10.2 Å². The maximum Gasteiger partial charge on any atom is 0.236 e. The molecule has 16 heavy (non-hydrogen) atoms. The van der Waals surface area contributed by atoms with E-state index in [2.05, 4.69) is 15.2 Å². The van der Waals surface area contributed by atoms with Crippen LogP contribution in [0.15, 0.2) is 54.2 Å². The monoisotopic (exact) mass is 216 g/mol. The summed E-state index contributed by atoms with van der Waals surface area (Å²) in [6, 6.07) is 3.68. The number of nitrogens with two attached hydrogens (primary N) is 1. The Morgan fingerprint density at radius 3 is 2.19 bits per heavy atom. The first-order chi connectivity index (χ1) is 7.92. The van der Waals surface area contributed by atoms with Crippen LogP contribution in [0.4, 0.5) is 0 Å². The lowest BCUT2D eigenvalue weighted by atomic mass is 10.6. The van der Waals surface area contributed by atoms with Gasteiger partial charge in [-0.25, -0.2) is 14.4 Å². The van der Waals surface area contributed by atoms with Gasteiger partial charge in [0.1, 0.15) is 0 Å². The van der Waals surface area contributed by atoms with Gasteiger partial charge in [-0.05, 0) is 24.4 Å². The van der Waals surface area contributed by atoms with Gasteiger partial charge in [0, 0.05) is 31.0 Å². The minimum Gasteiger partial charge on any atom is -0.405 e. The molecule has 0 atom stereocenters. The fraction of sp³-hybridized carbons (Fsp3) is 0.100. The quantitative estimate of drug-likeness (QED) is 0.761. The van der Waals surface area contributed by atoms with Crippen molar-refractivity contribution in [3.8, 4) is 0 Å². The van der Waals surface area contributed by atoms with Crippen molar-refractivity contribution in [2.24, 2.45) is 10.7 Å². The van der Waals surface area contributed by atoms with Crippen LogP contribution in [0.25, 0.3) is 0 Å². The summed E-state index contributed by atoms with van der Waals surface area (Å²) >= 11 is 0. The number of aromatic nitrogens is 4. The van der Waals surface area contributed by atoms with Gasteiger partial charge in [0.05, 0.1) is 0 Å². The minimum absolute atomic E-state index is 0.318. The molecule has 2 N–H and O–H groups in total. The molecule has 0 amide bonds. The van der Waals surface area contributed by atoms with E-state index in [4.69, 9.17) is 5.73 Å². The standard InChI is InChI=1S/C10H12N6/c11-4-1-5-12-10(15-8-2-6-13-15)16-9-3-7-14-16/h1-10H,11H2. The minimum atomic E-state index is -0.318. The van der Waals surface area contributed by atoms with Crippen LogP contribution in [0, 0.1) is 0 Å². The zero-order chi connectivity index (χ0) is 11.2. The van der Waals surface area contributed by atoms with Crippen molar-refractivity contribution in [3.63, 3.8) is 0 Å². The van der Waals surface area contributed by atoms with Crippen LogP contribution in [0.3, 0.4) is 0 Å². The zero-order valence-corrected chi connectivity index (χ0v) is 8.59. The lowest BCUT2D eigenvalue weighted by Gasteiger charge is -2.12. The normalized spacial score (nSPS) is 12.1. The molecule has 82 valence electrons. The molecule has 0 aliphatic carbocycles. The summed E-state index contributed by atoms with van der Waals surface area (Å²) in [5.74, 6) is 0. The fourth-order valence-corrected chi connectivity index (χ4v) is 1.27. The molecule has 2 aromatic rings. The second-order valence-electron chi connectivity index (χ2n) is 3.00. The molecule has 2 rings (SSSR count). The Hall–Kier alpha value is -2.37. The van der Waals surface area contributed by atoms with Gasteiger partial charge in [-0.3, -0.25) is 0 Å². The van der Waals surface area contributed by atoms with Crippen molar-refractivity contribution >= 4 is 6.21 Å². The van der Waals surface area contributed by atoms with Gasteiger partial charge in [0.25, 0.3) is 0 Å². The first-order valence-corrected chi connectivity index (χ1v) is 4.80. The van der Waals surface area contributed by atoms with Gasteiger partial charge in [-0.1, -0.05) is 0 Å². The Morgan fingerprint density at radius 1 is 1.12 bits per heavy atom. The Morgan fingerprint density at radius 2 is 1.75 bits per heavy atom. The first-order valence-electron chi connectivity index (χ1n) is 4.80. The number of nitrogens with zero attached hydrogens (tertiary/aromatic N) is 5. The molecule has 0 saturated heterocycles. The highest BCUT2D eigenvalue weighted by atomic mass is 15.5. The molecule has 0 aliphatic rings. The summed E-state index contributed by atoms with van der Waals surface area (Å²) < 4.78 is 3.40. The highest BCUT2D eigenvalue weighted by Crippen LogP contribution is 2.08. The second kappa shape index (κ2) is 4.92. The van der Waals surface area contributed by atoms with Crippen LogP contribution in [0.1, 0.15) is 6.29 Å². The van der Waals surface area contributed by atoms with E-state index in [0.29, 0.717) is 0 Å². The average Bonchev–Trinajstić information content (AvgIpc) is 2.97. The topological polar surface area (TPSA) is 74.0 Å². The van der Waals surface area contributed by atoms with Gasteiger partial charge in [0.2, 0.25) is 6.29 Å². The van der Waals surface area contributed by atoms with Crippen LogP contribution in [0.5, 0.6) is 0 Å². The van der Waals surface area contributed by atoms with Crippen molar-refractivity contribution in [3.05, 3.63) is 49.2 Å². The molecular weight excluding hydrogens is 204 g/mol. The predicted molar refractivity (Wildman–Crippen MR) is 60.7 cm³/mol. The highest BCUT2D eigenvalue weighted by molar-refractivity contribution is 5.70. The van der Waals surface area contributed by atoms with Crippen LogP contribution in [-0.2, 0) is 0 Å². The van der Waals surface area contributed by atoms with Gasteiger partial charge in [0.15, 0.2) is 0 Å². The summed E-state index contributed by atoms with van der Waals surface area (Å²) in [5.41, 5.74) is 5.24. The van der Waals surface area contributed by atoms with Gasteiger partial charge < -0.3 is 5.73 Å². The van der Waals surface area contributed by atoms with Crippen molar-refractivity contribution in [1.82, 2.24) is 19.6 Å². The molecule has 6 nitrogen and oxygen atoms in total. The van der Waals surface area contributed by atoms with E-state index in [9.17, 15) is 0 Å². The van der Waals surface area contributed by atoms with E-state index in [1.807, 2.05) is 24.5 Å². The molecule has 2 heterocycles. The Bertz CT molecular complexity index is 419. The molecule has 0 radical (unpaired) electrons. The largest absolute Gasteiger partial charge is 0.405 e. The van der Waals surface area contributed by atoms with Gasteiger partial charge in [-0.15, -0.1) is 0 Å². The molecule has 2 aromatic heterocycles. The third-order valence-electron chi connectivity index (χ3n) is 1.94. The third-order valence-corrected chi connectivity index (χ3v) is 1.94. The van der Waals surface area contributed by atoms with Crippen LogP contribution in [0.2, 0.25) is 0 Å². The Kier molecular flexibility index (Phi) is 3.12. The van der Waals surface area contributed by atoms with E-state index in [0.717, 1.165) is 0 Å². The summed E-state index contributed by atoms with van der Waals surface area (Å²) in [6.45, 7) is 0. The smallest absolute Gasteiger partial charge is 0.236 e. The van der Waals surface area contributed by atoms with Crippen LogP contribution in [-0.4, -0.2) is 25.8 Å². The van der Waals surface area contributed by atoms with E-state index < -0.39 is 0 Å². The maximum absolute atomic E-state index is 5.24. The molecule has 0 aromatic carbocycles. The number of aliphatic imine (C=N–C) groups is 1. The van der Waals surface area contributed by atoms with Crippen molar-refractivity contribution < 1.29 is 0 Å². The number of rotatable bonds is 4. The second-order valence-corrected chi connectivity index (χ2v) is 3.00. The number of hydrogen-bond acceptors (Lipinski definition) is 4. The predicted octanol–water partition coefficient (Wildman–Crippen LogP) is 0.627. The summed E-state index contributed by atoms with van der Waals surface area (Å²) in [7, 11) is 0. The molecular formula is C10H12N6. The van der Waals surface area contributed by atoms with Gasteiger partial charge >= 0.3 is 0 Å². The number of allylic oxidation sites excluding steroid dienone is 1. The maximum atomic E-state index is 5.24. The highest BCUT2D eigenvalue weighted by Gasteiger charge is 2.09. The van der Waals surface area contributed by atoms with Crippen LogP contribution < -0.4 is 5.73 Å². The molecule has 0 aliphatic heterocycles. The summed E-state index contributed by atoms with van der Waals surface area (Å²) in [5, 5.41) is 8.28. The molecule has 0 unspecified atom stereocenters. The molecule has 0 spiro atoms.